The third-order valence-corrected chi connectivity index (χ3v) is 27.4. The fourth-order valence-electron chi connectivity index (χ4n) is 18.2. The van der Waals surface area contributed by atoms with Crippen LogP contribution in [0.3, 0.4) is 0 Å². The Hall–Kier alpha value is -12.1. The third kappa shape index (κ3) is 30.2. The standard InChI is InChI=1S/2C13H16.C12H14ClN.C12H16N2.3C12H15N.C11H12ClNO.2C11H13NO.C11H13NS.2CH4/c2*1-13(2,3)12-8-7-10-5-4-6-11(10)9-12;1-12(2,3)11-8-5-4-6-10(13)9(8)7-14-11;1-12(2,3)11-9-7-5-6-8-10(9)14(4)13-11;2*1-12(2,3)11-6-4-5-9-7-13-8-10(9)11;1-12(2,3)11-10-7-5-4-6-9(10)8-13-11;1-11(2,3)10-8-5-4-7(12)6-9(8)14-13-10;1-11(2,3)10-8-6-4-5-7-9(8)13-12-10;1-11(2,3)10-8-6-4-5-7-9(8)12-13-10;1-11(2,3)10-8-6-4-5-7-9(8)13-12-10;;/h4,6-9H,5H2,1-3H3;4-5,7-9H,6H2,1-3H3;4-6H,7H2,1-3H3;5-8H,1-4H3;4-6,8H,7H2,1-3H3;2*4-7H,8H2,1-3H3;4-6H,1-3H3;3*4-7H,1-3H3;2*1H4. The Balaban J connectivity index is 0.000000166. The highest BCUT2D eigenvalue weighted by atomic mass is 35.5. The van der Waals surface area contributed by atoms with E-state index >= 15 is 0 Å². The number of halogens is 2. The van der Waals surface area contributed by atoms with Gasteiger partial charge in [0.05, 0.1) is 59.2 Å². The molecule has 16 heteroatoms. The molecule has 0 bridgehead atoms. The van der Waals surface area contributed by atoms with E-state index in [4.69, 9.17) is 36.8 Å². The Labute approximate surface area is 900 Å². The molecule has 0 fully saturated rings. The molecule has 0 saturated heterocycles. The maximum atomic E-state index is 6.11. The van der Waals surface area contributed by atoms with Gasteiger partial charge in [0.25, 0.3) is 0 Å². The van der Waals surface area contributed by atoms with E-state index in [9.17, 15) is 0 Å². The number of fused-ring (bicyclic) bond motifs is 11. The first-order valence-electron chi connectivity index (χ1n) is 51.5. The minimum atomic E-state index is -0.000913. The van der Waals surface area contributed by atoms with Crippen LogP contribution >= 0.6 is 34.7 Å². The fraction of sp³-hybridized carbons (Fsp3) is 0.402. The number of hydrogen-bond acceptors (Lipinski definition) is 13. The van der Waals surface area contributed by atoms with Crippen molar-refractivity contribution in [3.63, 3.8) is 0 Å². The van der Waals surface area contributed by atoms with Crippen LogP contribution in [0, 0.1) is 10.8 Å². The zero-order chi connectivity index (χ0) is 107. The predicted molar refractivity (Wildman–Crippen MR) is 640 cm³/mol. The highest BCUT2D eigenvalue weighted by molar-refractivity contribution is 7.13. The summed E-state index contributed by atoms with van der Waals surface area (Å²) < 4.78 is 23.5. The molecule has 9 heterocycles. The Bertz CT molecular complexity index is 7220. The van der Waals surface area contributed by atoms with Crippen molar-refractivity contribution in [1.82, 2.24) is 29.6 Å². The molecular formula is C132H166Cl2N10O3S. The summed E-state index contributed by atoms with van der Waals surface area (Å²) in [6.45, 7) is 75.9. The van der Waals surface area contributed by atoms with Crippen molar-refractivity contribution >= 4 is 125 Å². The number of para-hydroxylation sites is 2. The maximum absolute atomic E-state index is 6.11. The molecule has 0 unspecified atom stereocenters. The van der Waals surface area contributed by atoms with Gasteiger partial charge in [0, 0.05) is 134 Å². The molecule has 782 valence electrons. The van der Waals surface area contributed by atoms with Gasteiger partial charge in [0.2, 0.25) is 0 Å². The smallest absolute Gasteiger partial charge is 0.168 e. The first kappa shape index (κ1) is 118. The molecule has 0 N–H and O–H groups in total. The van der Waals surface area contributed by atoms with Gasteiger partial charge in [-0.25, -0.2) is 0 Å². The van der Waals surface area contributed by atoms with Gasteiger partial charge in [0.15, 0.2) is 11.2 Å². The second kappa shape index (κ2) is 47.8. The molecule has 0 radical (unpaired) electrons. The lowest BCUT2D eigenvalue weighted by Crippen LogP contribution is -2.19. The molecule has 0 spiro atoms. The second-order valence-electron chi connectivity index (χ2n) is 50.0. The summed E-state index contributed by atoms with van der Waals surface area (Å²) in [5.41, 5.74) is 34.2. The van der Waals surface area contributed by atoms with Gasteiger partial charge in [-0.05, 0) is 167 Å². The first-order valence-corrected chi connectivity index (χ1v) is 53.0. The van der Waals surface area contributed by atoms with Crippen molar-refractivity contribution in [2.45, 2.75) is 331 Å². The van der Waals surface area contributed by atoms with E-state index in [1.165, 1.54) is 133 Å². The average Bonchev–Trinajstić information content (AvgIpc) is 1.68. The molecule has 0 atom stereocenters. The average molecular weight is 2040 g/mol. The number of allylic oxidation sites excluding steroid dienone is 2. The minimum absolute atomic E-state index is 0. The van der Waals surface area contributed by atoms with Crippen LogP contribution in [0.5, 0.6) is 0 Å². The van der Waals surface area contributed by atoms with Crippen LogP contribution in [0.15, 0.2) is 276 Å². The zero-order valence-corrected chi connectivity index (χ0v) is 95.8. The van der Waals surface area contributed by atoms with Crippen LogP contribution in [0.2, 0.25) is 10.0 Å². The summed E-state index contributed by atoms with van der Waals surface area (Å²) in [7, 11) is 2.00. The summed E-state index contributed by atoms with van der Waals surface area (Å²) in [4.78, 5) is 17.8. The number of rotatable bonds is 0. The highest BCUT2D eigenvalue weighted by Gasteiger charge is 2.32. The van der Waals surface area contributed by atoms with Gasteiger partial charge >= 0.3 is 0 Å². The maximum Gasteiger partial charge on any atom is 0.168 e. The Morgan fingerprint density at radius 2 is 0.831 bits per heavy atom. The number of aromatic nitrogens is 6. The van der Waals surface area contributed by atoms with Gasteiger partial charge in [-0.15, -0.1) is 0 Å². The first-order chi connectivity index (χ1) is 68.2. The van der Waals surface area contributed by atoms with E-state index in [1.807, 2.05) is 97.0 Å². The Kier molecular flexibility index (Phi) is 38.1. The summed E-state index contributed by atoms with van der Waals surface area (Å²) in [6.07, 6.45) is 15.1. The quantitative estimate of drug-likeness (QED) is 0.145. The topological polar surface area (TPSA) is 158 Å². The Morgan fingerprint density at radius 1 is 0.324 bits per heavy atom. The lowest BCUT2D eigenvalue weighted by Gasteiger charge is -2.22. The van der Waals surface area contributed by atoms with Crippen molar-refractivity contribution < 1.29 is 13.6 Å². The lowest BCUT2D eigenvalue weighted by molar-refractivity contribution is 0.336. The zero-order valence-electron chi connectivity index (χ0n) is 93.5. The van der Waals surface area contributed by atoms with E-state index in [0.29, 0.717) is 5.02 Å². The molecule has 22 rings (SSSR count). The predicted octanol–water partition coefficient (Wildman–Crippen LogP) is 37.4. The monoisotopic (exact) mass is 2040 g/mol. The van der Waals surface area contributed by atoms with Crippen molar-refractivity contribution in [3.8, 4) is 0 Å². The van der Waals surface area contributed by atoms with Crippen molar-refractivity contribution in [2.24, 2.45) is 37.8 Å². The normalized spacial score (nSPS) is 13.5. The molecule has 2 aliphatic carbocycles. The van der Waals surface area contributed by atoms with Crippen LogP contribution in [-0.2, 0) is 94.8 Å². The minimum Gasteiger partial charge on any atom is -0.360 e. The summed E-state index contributed by atoms with van der Waals surface area (Å²) in [5, 5.41) is 24.1. The molecular weight excluding hydrogens is 1880 g/mol. The largest absolute Gasteiger partial charge is 0.360 e. The number of aryl methyl sites for hydroxylation is 1. The summed E-state index contributed by atoms with van der Waals surface area (Å²) in [6, 6.07) is 79.5. The molecule has 6 aliphatic rings. The highest BCUT2D eigenvalue weighted by Crippen LogP contribution is 2.41. The molecule has 11 aromatic carbocycles. The van der Waals surface area contributed by atoms with Crippen LogP contribution in [0.25, 0.3) is 66.0 Å². The van der Waals surface area contributed by atoms with E-state index < -0.39 is 0 Å². The van der Waals surface area contributed by atoms with Crippen LogP contribution in [0.4, 0.5) is 0 Å². The molecule has 16 aromatic rings. The van der Waals surface area contributed by atoms with E-state index in [2.05, 4.69) is 449 Å². The molecule has 5 aromatic heterocycles. The number of benzene rings is 11. The second-order valence-corrected chi connectivity index (χ2v) is 51.6. The van der Waals surface area contributed by atoms with Crippen molar-refractivity contribution in [2.75, 3.05) is 0 Å². The van der Waals surface area contributed by atoms with Gasteiger partial charge in [-0.3, -0.25) is 24.7 Å². The van der Waals surface area contributed by atoms with Gasteiger partial charge < -0.3 is 13.6 Å². The number of hydrogen-bond donors (Lipinski definition) is 0. The number of aliphatic imine (C=N–C) groups is 4. The molecule has 0 saturated carbocycles. The van der Waals surface area contributed by atoms with Gasteiger partial charge in [-0.2, -0.15) is 9.47 Å². The van der Waals surface area contributed by atoms with Crippen LogP contribution < -0.4 is 0 Å². The lowest BCUT2D eigenvalue weighted by atomic mass is 9.83. The summed E-state index contributed by atoms with van der Waals surface area (Å²) in [5.74, 6) is 0.961. The molecule has 0 amide bonds. The van der Waals surface area contributed by atoms with Crippen LogP contribution in [-0.4, -0.2) is 53.5 Å². The SMILES string of the molecule is C.C.CC(C)(C)C1=NCc2c(Cl)cccc21.CC(C)(C)C1=NCc2ccccc21.CC(C)(C)c1ccc2c(c1)C=CC2.CC(C)(C)c1ccc2c(c1)CC=C2.CC(C)(C)c1cccc2c1C=NC2.CC(C)(C)c1cccc2c1CN=C2.CC(C)(C)c1noc2cc(Cl)ccc12.CC(C)(C)c1noc2ccccc12.CC(C)(C)c1nsc2ccccc12.CC(C)(C)c1onc2ccccc12.Cn1nc(C(C)(C)C)c2ccccc21. The summed E-state index contributed by atoms with van der Waals surface area (Å²) >= 11 is 13.6. The van der Waals surface area contributed by atoms with Crippen LogP contribution in [0.1, 0.15) is 361 Å². The molecule has 4 aliphatic heterocycles. The van der Waals surface area contributed by atoms with E-state index in [1.54, 1.807) is 17.6 Å². The van der Waals surface area contributed by atoms with Gasteiger partial charge in [0.1, 0.15) is 11.3 Å². The third-order valence-electron chi connectivity index (χ3n) is 26.0. The van der Waals surface area contributed by atoms with Crippen molar-refractivity contribution in [1.29, 1.82) is 0 Å². The van der Waals surface area contributed by atoms with Gasteiger partial charge in [-0.1, -0.05) is 476 Å². The molecule has 13 nitrogen and oxygen atoms in total. The Morgan fingerprint density at radius 3 is 1.46 bits per heavy atom. The number of nitrogens with zero attached hydrogens (tertiary/aromatic N) is 10. The molecule has 148 heavy (non-hydrogen) atoms. The van der Waals surface area contributed by atoms with E-state index in [0.717, 1.165) is 94.0 Å². The fourth-order valence-corrected chi connectivity index (χ4v) is 19.5. The van der Waals surface area contributed by atoms with E-state index in [-0.39, 0.29) is 74.4 Å². The van der Waals surface area contributed by atoms with Crippen molar-refractivity contribution in [3.05, 3.63) is 370 Å².